The Bertz CT molecular complexity index is 919. The third kappa shape index (κ3) is 4.84. The standard InChI is InChI=1S/C28H39O3P/c1-8-19-15-21(10-3)25(22(11-4)16-19)27(29)32(31,14-7)28(30)26-23(12-5)17-20(9-2)18-24(26)13-6/h15-18H,8-14H2,1-7H3. The van der Waals surface area contributed by atoms with Crippen molar-refractivity contribution in [3.8, 4) is 0 Å². The predicted octanol–water partition coefficient (Wildman–Crippen LogP) is 7.42. The van der Waals surface area contributed by atoms with Gasteiger partial charge in [-0.05, 0) is 71.9 Å². The number of aryl methyl sites for hydroxylation is 6. The summed E-state index contributed by atoms with van der Waals surface area (Å²) in [7, 11) is -3.81. The molecule has 0 radical (unpaired) electrons. The second-order valence-corrected chi connectivity index (χ2v) is 11.3. The fraction of sp³-hybridized carbons (Fsp3) is 0.500. The lowest BCUT2D eigenvalue weighted by atomic mass is 9.94. The lowest BCUT2D eigenvalue weighted by Gasteiger charge is -2.22. The molecule has 0 saturated heterocycles. The molecule has 0 atom stereocenters. The average molecular weight is 455 g/mol. The molecule has 0 fully saturated rings. The first-order valence-electron chi connectivity index (χ1n) is 12.2. The van der Waals surface area contributed by atoms with Crippen molar-refractivity contribution >= 4 is 18.2 Å². The van der Waals surface area contributed by atoms with Crippen LogP contribution in [0.3, 0.4) is 0 Å². The van der Waals surface area contributed by atoms with E-state index in [0.717, 1.165) is 35.1 Å². The Kier molecular flexibility index (Phi) is 9.22. The van der Waals surface area contributed by atoms with Gasteiger partial charge in [0.25, 0.3) is 0 Å². The van der Waals surface area contributed by atoms with E-state index in [1.165, 1.54) is 11.1 Å². The summed E-state index contributed by atoms with van der Waals surface area (Å²) in [4.78, 5) is 27.8. The fourth-order valence-corrected chi connectivity index (χ4v) is 6.55. The van der Waals surface area contributed by atoms with E-state index < -0.39 is 18.2 Å². The van der Waals surface area contributed by atoms with Crippen LogP contribution in [0.5, 0.6) is 0 Å². The third-order valence-corrected chi connectivity index (χ3v) is 9.24. The topological polar surface area (TPSA) is 51.2 Å². The minimum absolute atomic E-state index is 0.0499. The van der Waals surface area contributed by atoms with Crippen molar-refractivity contribution in [3.63, 3.8) is 0 Å². The highest BCUT2D eigenvalue weighted by Crippen LogP contribution is 2.53. The molecular formula is C28H39O3P. The summed E-state index contributed by atoms with van der Waals surface area (Å²) in [5.74, 6) is 0. The van der Waals surface area contributed by atoms with Crippen molar-refractivity contribution in [3.05, 3.63) is 68.8 Å². The molecule has 0 saturated carbocycles. The average Bonchev–Trinajstić information content (AvgIpc) is 2.85. The van der Waals surface area contributed by atoms with Crippen molar-refractivity contribution in [2.45, 2.75) is 87.0 Å². The molecule has 32 heavy (non-hydrogen) atoms. The summed E-state index contributed by atoms with van der Waals surface area (Å²) in [6, 6.07) is 8.17. The van der Waals surface area contributed by atoms with Gasteiger partial charge in [-0.15, -0.1) is 0 Å². The molecular weight excluding hydrogens is 415 g/mol. The number of benzene rings is 2. The van der Waals surface area contributed by atoms with Crippen molar-refractivity contribution in [2.24, 2.45) is 0 Å². The highest BCUT2D eigenvalue weighted by atomic mass is 31.2. The minimum atomic E-state index is -3.81. The molecule has 2 aromatic carbocycles. The molecule has 3 nitrogen and oxygen atoms in total. The van der Waals surface area contributed by atoms with Crippen LogP contribution in [0.1, 0.15) is 103 Å². The first-order valence-corrected chi connectivity index (χ1v) is 14.1. The van der Waals surface area contributed by atoms with Crippen LogP contribution in [0.15, 0.2) is 24.3 Å². The Morgan fingerprint density at radius 2 is 0.844 bits per heavy atom. The van der Waals surface area contributed by atoms with Gasteiger partial charge in [-0.25, -0.2) is 0 Å². The van der Waals surface area contributed by atoms with E-state index in [1.807, 2.05) is 52.0 Å². The van der Waals surface area contributed by atoms with Crippen molar-refractivity contribution in [1.29, 1.82) is 0 Å². The zero-order valence-electron chi connectivity index (χ0n) is 20.9. The maximum Gasteiger partial charge on any atom is 0.229 e. The van der Waals surface area contributed by atoms with Gasteiger partial charge >= 0.3 is 0 Å². The molecule has 2 rings (SSSR count). The Morgan fingerprint density at radius 3 is 1.03 bits per heavy atom. The number of hydrogen-bond donors (Lipinski definition) is 0. The molecule has 0 unspecified atom stereocenters. The van der Waals surface area contributed by atoms with Gasteiger partial charge in [0.15, 0.2) is 0 Å². The molecule has 2 aromatic rings. The van der Waals surface area contributed by atoms with Gasteiger partial charge in [-0.2, -0.15) is 0 Å². The molecule has 174 valence electrons. The minimum Gasteiger partial charge on any atom is -0.307 e. The molecule has 4 heteroatoms. The summed E-state index contributed by atoms with van der Waals surface area (Å²) in [6.45, 7) is 13.9. The molecule has 0 bridgehead atoms. The highest BCUT2D eigenvalue weighted by Gasteiger charge is 2.42. The van der Waals surface area contributed by atoms with Gasteiger partial charge in [-0.3, -0.25) is 9.59 Å². The number of carbonyl (C=O) groups excluding carboxylic acids is 2. The monoisotopic (exact) mass is 454 g/mol. The van der Waals surface area contributed by atoms with Crippen LogP contribution < -0.4 is 0 Å². The van der Waals surface area contributed by atoms with Crippen molar-refractivity contribution in [1.82, 2.24) is 0 Å². The molecule has 0 aliphatic carbocycles. The summed E-state index contributed by atoms with van der Waals surface area (Å²) >= 11 is 0. The van der Waals surface area contributed by atoms with E-state index in [-0.39, 0.29) is 6.16 Å². The molecule has 0 amide bonds. The van der Waals surface area contributed by atoms with Gasteiger partial charge in [0.05, 0.1) is 0 Å². The van der Waals surface area contributed by atoms with Gasteiger partial charge in [0, 0.05) is 17.3 Å². The number of hydrogen-bond acceptors (Lipinski definition) is 3. The summed E-state index contributed by atoms with van der Waals surface area (Å²) in [5, 5.41) is 0. The number of rotatable bonds is 11. The maximum atomic E-state index is 14.3. The quantitative estimate of drug-likeness (QED) is 0.332. The molecule has 0 aliphatic heterocycles. The first-order chi connectivity index (χ1) is 15.3. The van der Waals surface area contributed by atoms with Crippen LogP contribution >= 0.6 is 7.14 Å². The van der Waals surface area contributed by atoms with Crippen LogP contribution in [0.2, 0.25) is 0 Å². The summed E-state index contributed by atoms with van der Waals surface area (Å²) in [6.07, 6.45) is 4.49. The maximum absolute atomic E-state index is 14.3. The normalized spacial score (nSPS) is 11.6. The van der Waals surface area contributed by atoms with Crippen molar-refractivity contribution in [2.75, 3.05) is 6.16 Å². The highest BCUT2D eigenvalue weighted by molar-refractivity contribution is 7.95. The molecule has 0 aromatic heterocycles. The SMILES string of the molecule is CCc1cc(CC)c(C(=O)P(=O)(CC)C(=O)c2c(CC)cc(CC)cc2CC)c(CC)c1. The second-order valence-electron chi connectivity index (χ2n) is 8.37. The van der Waals surface area contributed by atoms with E-state index in [0.29, 0.717) is 36.8 Å². The van der Waals surface area contributed by atoms with Gasteiger partial charge in [0.1, 0.15) is 0 Å². The van der Waals surface area contributed by atoms with E-state index in [1.54, 1.807) is 6.92 Å². The molecule has 0 spiro atoms. The lowest BCUT2D eigenvalue weighted by Crippen LogP contribution is -2.18. The largest absolute Gasteiger partial charge is 0.307 e. The fourth-order valence-electron chi connectivity index (χ4n) is 4.49. The Labute approximate surface area is 194 Å². The van der Waals surface area contributed by atoms with Crippen LogP contribution in [-0.4, -0.2) is 17.2 Å². The smallest absolute Gasteiger partial charge is 0.229 e. The number of carbonyl (C=O) groups is 2. The Morgan fingerprint density at radius 1 is 0.562 bits per heavy atom. The van der Waals surface area contributed by atoms with E-state index in [4.69, 9.17) is 0 Å². The predicted molar refractivity (Wildman–Crippen MR) is 136 cm³/mol. The van der Waals surface area contributed by atoms with Crippen LogP contribution in [0.4, 0.5) is 0 Å². The molecule has 0 N–H and O–H groups in total. The van der Waals surface area contributed by atoms with E-state index >= 15 is 0 Å². The molecule has 0 heterocycles. The Hall–Kier alpha value is -1.99. The van der Waals surface area contributed by atoms with Gasteiger partial charge in [-0.1, -0.05) is 72.7 Å². The first kappa shape index (κ1) is 26.3. The van der Waals surface area contributed by atoms with E-state index in [9.17, 15) is 14.2 Å². The third-order valence-electron chi connectivity index (χ3n) is 6.59. The summed E-state index contributed by atoms with van der Waals surface area (Å²) in [5.41, 5.74) is 6.09. The summed E-state index contributed by atoms with van der Waals surface area (Å²) < 4.78 is 14.3. The van der Waals surface area contributed by atoms with E-state index in [2.05, 4.69) is 13.8 Å². The zero-order chi connectivity index (χ0) is 24.1. The van der Waals surface area contributed by atoms with Gasteiger partial charge in [0.2, 0.25) is 18.2 Å². The van der Waals surface area contributed by atoms with Crippen LogP contribution in [0.25, 0.3) is 0 Å². The van der Waals surface area contributed by atoms with Crippen LogP contribution in [0, 0.1) is 0 Å². The lowest BCUT2D eigenvalue weighted by molar-refractivity contribution is 0.103. The molecule has 0 aliphatic rings. The van der Waals surface area contributed by atoms with Gasteiger partial charge < -0.3 is 4.57 Å². The van der Waals surface area contributed by atoms with Crippen LogP contribution in [-0.2, 0) is 43.1 Å². The second kappa shape index (κ2) is 11.2. The zero-order valence-corrected chi connectivity index (χ0v) is 21.8. The Balaban J connectivity index is 2.74. The van der Waals surface area contributed by atoms with Crippen molar-refractivity contribution < 1.29 is 14.2 Å².